The van der Waals surface area contributed by atoms with E-state index in [1.54, 1.807) is 16.7 Å². The zero-order valence-corrected chi connectivity index (χ0v) is 10.7. The molecule has 92 valence electrons. The SMILES string of the molecule is Cc1ccc(SCC(=O)N2CC[C@@H](O)C2)cc1. The number of hydrogen-bond acceptors (Lipinski definition) is 3. The van der Waals surface area contributed by atoms with Crippen LogP contribution in [0.5, 0.6) is 0 Å². The summed E-state index contributed by atoms with van der Waals surface area (Å²) in [6.45, 7) is 3.23. The summed E-state index contributed by atoms with van der Waals surface area (Å²) in [6.07, 6.45) is 0.379. The number of aliphatic hydroxyl groups excluding tert-OH is 1. The molecule has 1 aliphatic rings. The van der Waals surface area contributed by atoms with Gasteiger partial charge in [-0.2, -0.15) is 0 Å². The van der Waals surface area contributed by atoms with Gasteiger partial charge in [0.15, 0.2) is 0 Å². The Morgan fingerprint density at radius 2 is 2.18 bits per heavy atom. The van der Waals surface area contributed by atoms with Gasteiger partial charge < -0.3 is 10.0 Å². The maximum atomic E-state index is 11.8. The number of aryl methyl sites for hydroxylation is 1. The maximum Gasteiger partial charge on any atom is 0.233 e. The van der Waals surface area contributed by atoms with Crippen LogP contribution in [-0.2, 0) is 4.79 Å². The molecule has 1 fully saturated rings. The first kappa shape index (κ1) is 12.5. The van der Waals surface area contributed by atoms with Crippen molar-refractivity contribution in [2.75, 3.05) is 18.8 Å². The summed E-state index contributed by atoms with van der Waals surface area (Å²) in [5.41, 5.74) is 1.23. The molecule has 0 radical (unpaired) electrons. The van der Waals surface area contributed by atoms with Crippen LogP contribution in [0.25, 0.3) is 0 Å². The molecule has 1 heterocycles. The lowest BCUT2D eigenvalue weighted by atomic mass is 10.2. The monoisotopic (exact) mass is 251 g/mol. The zero-order valence-electron chi connectivity index (χ0n) is 9.93. The summed E-state index contributed by atoms with van der Waals surface area (Å²) >= 11 is 1.55. The highest BCUT2D eigenvalue weighted by atomic mass is 32.2. The molecule has 1 aliphatic heterocycles. The summed E-state index contributed by atoms with van der Waals surface area (Å²) in [5.74, 6) is 0.572. The number of β-amino-alcohol motifs (C(OH)–C–C–N with tert-alkyl or cyclic N) is 1. The Morgan fingerprint density at radius 3 is 2.76 bits per heavy atom. The minimum absolute atomic E-state index is 0.118. The molecular formula is C13H17NO2S. The van der Waals surface area contributed by atoms with E-state index in [-0.39, 0.29) is 12.0 Å². The van der Waals surface area contributed by atoms with Crippen LogP contribution in [0.2, 0.25) is 0 Å². The predicted octanol–water partition coefficient (Wildman–Crippen LogP) is 1.68. The van der Waals surface area contributed by atoms with Crippen molar-refractivity contribution in [1.82, 2.24) is 4.90 Å². The van der Waals surface area contributed by atoms with E-state index < -0.39 is 0 Å². The van der Waals surface area contributed by atoms with E-state index in [1.165, 1.54) is 5.56 Å². The first-order valence-electron chi connectivity index (χ1n) is 5.80. The van der Waals surface area contributed by atoms with Gasteiger partial charge in [-0.15, -0.1) is 11.8 Å². The molecule has 1 aromatic rings. The highest BCUT2D eigenvalue weighted by molar-refractivity contribution is 8.00. The van der Waals surface area contributed by atoms with Crippen LogP contribution in [0.4, 0.5) is 0 Å². The van der Waals surface area contributed by atoms with E-state index in [1.807, 2.05) is 31.2 Å². The number of thioether (sulfide) groups is 1. The first-order valence-corrected chi connectivity index (χ1v) is 6.79. The van der Waals surface area contributed by atoms with E-state index in [0.29, 0.717) is 25.3 Å². The van der Waals surface area contributed by atoms with Gasteiger partial charge in [0.25, 0.3) is 0 Å². The fraction of sp³-hybridized carbons (Fsp3) is 0.462. The molecule has 1 saturated heterocycles. The first-order chi connectivity index (χ1) is 8.15. The number of amides is 1. The molecule has 0 bridgehead atoms. The van der Waals surface area contributed by atoms with Crippen molar-refractivity contribution in [3.63, 3.8) is 0 Å². The molecule has 0 unspecified atom stereocenters. The normalized spacial score (nSPS) is 19.6. The Kier molecular flexibility index (Phi) is 4.07. The van der Waals surface area contributed by atoms with Gasteiger partial charge in [-0.25, -0.2) is 0 Å². The molecule has 2 rings (SSSR count). The lowest BCUT2D eigenvalue weighted by Gasteiger charge is -2.14. The Hall–Kier alpha value is -1.00. The third kappa shape index (κ3) is 3.48. The van der Waals surface area contributed by atoms with Gasteiger partial charge in [0, 0.05) is 18.0 Å². The highest BCUT2D eigenvalue weighted by Crippen LogP contribution is 2.19. The maximum absolute atomic E-state index is 11.8. The second kappa shape index (κ2) is 5.56. The molecule has 0 aliphatic carbocycles. The summed E-state index contributed by atoms with van der Waals surface area (Å²) in [6, 6.07) is 8.16. The van der Waals surface area contributed by atoms with Crippen LogP contribution in [0.1, 0.15) is 12.0 Å². The highest BCUT2D eigenvalue weighted by Gasteiger charge is 2.24. The van der Waals surface area contributed by atoms with Gasteiger partial charge in [-0.3, -0.25) is 4.79 Å². The second-order valence-electron chi connectivity index (χ2n) is 4.38. The topological polar surface area (TPSA) is 40.5 Å². The van der Waals surface area contributed by atoms with Crippen LogP contribution in [0, 0.1) is 6.92 Å². The molecule has 1 amide bonds. The van der Waals surface area contributed by atoms with E-state index in [2.05, 4.69) is 0 Å². The number of nitrogens with zero attached hydrogens (tertiary/aromatic N) is 1. The number of aliphatic hydroxyl groups is 1. The van der Waals surface area contributed by atoms with Crippen molar-refractivity contribution in [3.8, 4) is 0 Å². The molecule has 1 N–H and O–H groups in total. The summed E-state index contributed by atoms with van der Waals surface area (Å²) in [4.78, 5) is 14.7. The number of carbonyl (C=O) groups is 1. The molecule has 1 atom stereocenters. The lowest BCUT2D eigenvalue weighted by molar-refractivity contribution is -0.127. The van der Waals surface area contributed by atoms with Gasteiger partial charge in [0.1, 0.15) is 0 Å². The van der Waals surface area contributed by atoms with Crippen molar-refractivity contribution < 1.29 is 9.90 Å². The minimum atomic E-state index is -0.330. The number of rotatable bonds is 3. The largest absolute Gasteiger partial charge is 0.391 e. The molecular weight excluding hydrogens is 234 g/mol. The third-order valence-electron chi connectivity index (χ3n) is 2.90. The number of hydrogen-bond donors (Lipinski definition) is 1. The van der Waals surface area contributed by atoms with Crippen LogP contribution in [0.3, 0.4) is 0 Å². The van der Waals surface area contributed by atoms with E-state index in [9.17, 15) is 9.90 Å². The fourth-order valence-corrected chi connectivity index (χ4v) is 2.64. The number of likely N-dealkylation sites (tertiary alicyclic amines) is 1. The summed E-state index contributed by atoms with van der Waals surface area (Å²) in [7, 11) is 0. The standard InChI is InChI=1S/C13H17NO2S/c1-10-2-4-12(5-3-10)17-9-13(16)14-7-6-11(15)8-14/h2-5,11,15H,6-9H2,1H3/t11-/m1/s1. The van der Waals surface area contributed by atoms with Crippen molar-refractivity contribution in [1.29, 1.82) is 0 Å². The fourth-order valence-electron chi connectivity index (χ4n) is 1.84. The van der Waals surface area contributed by atoms with Gasteiger partial charge >= 0.3 is 0 Å². The lowest BCUT2D eigenvalue weighted by Crippen LogP contribution is -2.30. The van der Waals surface area contributed by atoms with Crippen LogP contribution in [-0.4, -0.2) is 40.9 Å². The van der Waals surface area contributed by atoms with Crippen LogP contribution >= 0.6 is 11.8 Å². The quantitative estimate of drug-likeness (QED) is 0.831. The van der Waals surface area contributed by atoms with E-state index >= 15 is 0 Å². The van der Waals surface area contributed by atoms with Gasteiger partial charge in [-0.1, -0.05) is 17.7 Å². The van der Waals surface area contributed by atoms with Gasteiger partial charge in [-0.05, 0) is 25.5 Å². The summed E-state index contributed by atoms with van der Waals surface area (Å²) in [5, 5.41) is 9.36. The Balaban J connectivity index is 1.82. The van der Waals surface area contributed by atoms with E-state index in [0.717, 1.165) is 4.90 Å². The van der Waals surface area contributed by atoms with E-state index in [4.69, 9.17) is 0 Å². The Bertz CT molecular complexity index is 391. The molecule has 0 aromatic heterocycles. The molecule has 4 heteroatoms. The smallest absolute Gasteiger partial charge is 0.233 e. The minimum Gasteiger partial charge on any atom is -0.391 e. The molecule has 0 saturated carbocycles. The Morgan fingerprint density at radius 1 is 1.47 bits per heavy atom. The van der Waals surface area contributed by atoms with Crippen LogP contribution < -0.4 is 0 Å². The second-order valence-corrected chi connectivity index (χ2v) is 5.43. The average Bonchev–Trinajstić information content (AvgIpc) is 2.75. The third-order valence-corrected chi connectivity index (χ3v) is 3.90. The molecule has 0 spiro atoms. The molecule has 17 heavy (non-hydrogen) atoms. The predicted molar refractivity (Wildman–Crippen MR) is 69.1 cm³/mol. The Labute approximate surface area is 106 Å². The zero-order chi connectivity index (χ0) is 12.3. The van der Waals surface area contributed by atoms with Crippen molar-refractivity contribution >= 4 is 17.7 Å². The van der Waals surface area contributed by atoms with Crippen LogP contribution in [0.15, 0.2) is 29.2 Å². The molecule has 1 aromatic carbocycles. The van der Waals surface area contributed by atoms with Gasteiger partial charge in [0.2, 0.25) is 5.91 Å². The van der Waals surface area contributed by atoms with Gasteiger partial charge in [0.05, 0.1) is 11.9 Å². The molecule has 3 nitrogen and oxygen atoms in total. The van der Waals surface area contributed by atoms with Crippen molar-refractivity contribution in [2.45, 2.75) is 24.3 Å². The van der Waals surface area contributed by atoms with Crippen molar-refractivity contribution in [3.05, 3.63) is 29.8 Å². The average molecular weight is 251 g/mol. The number of benzene rings is 1. The number of carbonyl (C=O) groups excluding carboxylic acids is 1. The van der Waals surface area contributed by atoms with Crippen molar-refractivity contribution in [2.24, 2.45) is 0 Å². The summed E-state index contributed by atoms with van der Waals surface area (Å²) < 4.78 is 0.